The Labute approximate surface area is 186 Å². The minimum Gasteiger partial charge on any atom is -0.493 e. The second-order valence-electron chi connectivity index (χ2n) is 7.33. The maximum atomic E-state index is 12.7. The van der Waals surface area contributed by atoms with Crippen LogP contribution in [0.4, 0.5) is 13.2 Å². The summed E-state index contributed by atoms with van der Waals surface area (Å²) in [5.41, 5.74) is 2.36. The summed E-state index contributed by atoms with van der Waals surface area (Å²) in [5.74, 6) is -2.78. The van der Waals surface area contributed by atoms with Gasteiger partial charge in [0.05, 0.1) is 18.2 Å². The lowest BCUT2D eigenvalue weighted by molar-refractivity contribution is -0.274. The number of nitrogens with zero attached hydrogens (tertiary/aromatic N) is 2. The zero-order valence-corrected chi connectivity index (χ0v) is 17.6. The summed E-state index contributed by atoms with van der Waals surface area (Å²) in [5, 5.41) is 26.1. The highest BCUT2D eigenvalue weighted by Gasteiger charge is 2.31. The van der Waals surface area contributed by atoms with E-state index >= 15 is 0 Å². The summed E-state index contributed by atoms with van der Waals surface area (Å²) in [6, 6.07) is 10.0. The van der Waals surface area contributed by atoms with Crippen molar-refractivity contribution in [3.63, 3.8) is 0 Å². The number of aromatic hydroxyl groups is 1. The largest absolute Gasteiger partial charge is 0.573 e. The molecule has 1 aromatic heterocycles. The van der Waals surface area contributed by atoms with Crippen LogP contribution in [0, 0.1) is 13.8 Å². The number of hydrogen-bond donors (Lipinski definition) is 3. The predicted molar refractivity (Wildman–Crippen MR) is 110 cm³/mol. The molecule has 2 aromatic carbocycles. The number of ether oxygens (including phenoxy) is 1. The van der Waals surface area contributed by atoms with E-state index < -0.39 is 36.5 Å². The first-order valence-electron chi connectivity index (χ1n) is 9.68. The fourth-order valence-electron chi connectivity index (χ4n) is 3.17. The van der Waals surface area contributed by atoms with Gasteiger partial charge in [-0.25, -0.2) is 4.68 Å². The van der Waals surface area contributed by atoms with Crippen LogP contribution in [0.3, 0.4) is 0 Å². The van der Waals surface area contributed by atoms with Gasteiger partial charge in [0.1, 0.15) is 5.75 Å². The normalized spacial score (nSPS) is 12.3. The summed E-state index contributed by atoms with van der Waals surface area (Å²) in [4.78, 5) is 24.0. The number of amides is 1. The molecule has 0 saturated carbocycles. The maximum absolute atomic E-state index is 12.7. The van der Waals surface area contributed by atoms with Crippen molar-refractivity contribution in [2.45, 2.75) is 32.7 Å². The van der Waals surface area contributed by atoms with Gasteiger partial charge in [-0.1, -0.05) is 24.3 Å². The van der Waals surface area contributed by atoms with Gasteiger partial charge in [0.15, 0.2) is 5.69 Å². The molecule has 11 heteroatoms. The molecule has 1 heterocycles. The average molecular weight is 463 g/mol. The molecule has 8 nitrogen and oxygen atoms in total. The molecule has 0 aliphatic carbocycles. The van der Waals surface area contributed by atoms with Gasteiger partial charge in [-0.05, 0) is 48.7 Å². The van der Waals surface area contributed by atoms with Gasteiger partial charge in [0.2, 0.25) is 5.88 Å². The first kappa shape index (κ1) is 23.6. The molecule has 1 amide bonds. The van der Waals surface area contributed by atoms with Gasteiger partial charge >= 0.3 is 12.3 Å². The molecular formula is C22H20F3N3O5. The molecule has 0 aliphatic rings. The van der Waals surface area contributed by atoms with Crippen LogP contribution in [-0.4, -0.2) is 38.2 Å². The van der Waals surface area contributed by atoms with Crippen molar-refractivity contribution < 1.29 is 37.7 Å². The molecule has 3 N–H and O–H groups in total. The first-order valence-corrected chi connectivity index (χ1v) is 9.68. The number of rotatable bonds is 7. The van der Waals surface area contributed by atoms with E-state index in [-0.39, 0.29) is 17.1 Å². The molecule has 0 spiro atoms. The third kappa shape index (κ3) is 6.03. The summed E-state index contributed by atoms with van der Waals surface area (Å²) >= 11 is 0. The highest BCUT2D eigenvalue weighted by Crippen LogP contribution is 2.26. The van der Waals surface area contributed by atoms with Crippen LogP contribution in [0.25, 0.3) is 5.69 Å². The highest BCUT2D eigenvalue weighted by molar-refractivity contribution is 5.93. The zero-order valence-electron chi connectivity index (χ0n) is 17.6. The Kier molecular flexibility index (Phi) is 6.61. The smallest absolute Gasteiger partial charge is 0.493 e. The van der Waals surface area contributed by atoms with Gasteiger partial charge in [-0.2, -0.15) is 5.10 Å². The number of benzene rings is 2. The number of carbonyl (C=O) groups excluding carboxylic acids is 1. The van der Waals surface area contributed by atoms with Gasteiger partial charge < -0.3 is 20.3 Å². The van der Waals surface area contributed by atoms with E-state index in [0.29, 0.717) is 5.69 Å². The molecule has 0 bridgehead atoms. The maximum Gasteiger partial charge on any atom is 0.573 e. The number of carboxylic acid groups (broad SMARTS) is 1. The van der Waals surface area contributed by atoms with Gasteiger partial charge in [0.25, 0.3) is 5.91 Å². The second kappa shape index (κ2) is 9.23. The Morgan fingerprint density at radius 1 is 1.12 bits per heavy atom. The number of carboxylic acids is 1. The van der Waals surface area contributed by atoms with Crippen molar-refractivity contribution in [2.24, 2.45) is 0 Å². The molecule has 174 valence electrons. The van der Waals surface area contributed by atoms with Crippen molar-refractivity contribution in [3.05, 3.63) is 70.9 Å². The Balaban J connectivity index is 1.84. The molecule has 0 aliphatic heterocycles. The molecule has 3 rings (SSSR count). The summed E-state index contributed by atoms with van der Waals surface area (Å²) in [7, 11) is 0. The molecule has 0 saturated heterocycles. The molecular weight excluding hydrogens is 443 g/mol. The Bertz CT molecular complexity index is 1170. The third-order valence-corrected chi connectivity index (χ3v) is 4.72. The number of halogens is 3. The lowest BCUT2D eigenvalue weighted by Crippen LogP contribution is -2.30. The molecule has 0 fully saturated rings. The van der Waals surface area contributed by atoms with Crippen LogP contribution in [0.1, 0.15) is 39.6 Å². The molecule has 33 heavy (non-hydrogen) atoms. The molecule has 1 unspecified atom stereocenters. The Hall–Kier alpha value is -4.02. The van der Waals surface area contributed by atoms with Crippen molar-refractivity contribution in [3.8, 4) is 17.3 Å². The van der Waals surface area contributed by atoms with Crippen LogP contribution in [0.5, 0.6) is 11.6 Å². The number of aryl methyl sites for hydroxylation is 2. The molecule has 0 radical (unpaired) electrons. The fraction of sp³-hybridized carbons (Fsp3) is 0.227. The summed E-state index contributed by atoms with van der Waals surface area (Å²) in [6.07, 6.45) is -5.40. The average Bonchev–Trinajstić information content (AvgIpc) is 3.10. The van der Waals surface area contributed by atoms with Gasteiger partial charge in [-0.3, -0.25) is 9.59 Å². The van der Waals surface area contributed by atoms with Crippen molar-refractivity contribution in [1.82, 2.24) is 15.1 Å². The predicted octanol–water partition coefficient (Wildman–Crippen LogP) is 4.04. The van der Waals surface area contributed by atoms with Crippen molar-refractivity contribution in [1.29, 1.82) is 0 Å². The first-order chi connectivity index (χ1) is 15.4. The number of aliphatic carboxylic acids is 1. The van der Waals surface area contributed by atoms with Crippen LogP contribution >= 0.6 is 0 Å². The van der Waals surface area contributed by atoms with E-state index in [0.717, 1.165) is 29.3 Å². The minimum atomic E-state index is -4.87. The number of hydrogen-bond acceptors (Lipinski definition) is 5. The van der Waals surface area contributed by atoms with Gasteiger partial charge in [0, 0.05) is 6.07 Å². The lowest BCUT2D eigenvalue weighted by Gasteiger charge is -2.17. The van der Waals surface area contributed by atoms with Crippen LogP contribution < -0.4 is 10.1 Å². The number of carbonyl (C=O) groups is 2. The van der Waals surface area contributed by atoms with E-state index in [2.05, 4.69) is 15.2 Å². The molecule has 3 aromatic rings. The fourth-order valence-corrected chi connectivity index (χ4v) is 3.17. The summed E-state index contributed by atoms with van der Waals surface area (Å²) < 4.78 is 42.0. The topological polar surface area (TPSA) is 114 Å². The van der Waals surface area contributed by atoms with Crippen molar-refractivity contribution >= 4 is 11.9 Å². The minimum absolute atomic E-state index is 0.166. The SMILES string of the molecule is Cc1ccc(C)c(-n2nc(C(=O)NC(CC(=O)O)c3ccc(OC(F)(F)F)cc3)cc2O)c1. The Morgan fingerprint density at radius 3 is 2.39 bits per heavy atom. The van der Waals surface area contributed by atoms with E-state index in [1.54, 1.807) is 6.07 Å². The van der Waals surface area contributed by atoms with E-state index in [1.165, 1.54) is 16.8 Å². The monoisotopic (exact) mass is 463 g/mol. The number of aromatic nitrogens is 2. The Morgan fingerprint density at radius 2 is 1.79 bits per heavy atom. The van der Waals surface area contributed by atoms with E-state index in [1.807, 2.05) is 26.0 Å². The quantitative estimate of drug-likeness (QED) is 0.487. The highest BCUT2D eigenvalue weighted by atomic mass is 19.4. The van der Waals surface area contributed by atoms with E-state index in [4.69, 9.17) is 0 Å². The third-order valence-electron chi connectivity index (χ3n) is 4.72. The van der Waals surface area contributed by atoms with Crippen molar-refractivity contribution in [2.75, 3.05) is 0 Å². The van der Waals surface area contributed by atoms with Crippen LogP contribution in [0.2, 0.25) is 0 Å². The van der Waals surface area contributed by atoms with Crippen LogP contribution in [-0.2, 0) is 4.79 Å². The lowest BCUT2D eigenvalue weighted by atomic mass is 10.0. The standard InChI is InChI=1S/C22H20F3N3O5/c1-12-3-4-13(2)18(9-12)28-19(29)10-17(27-28)21(32)26-16(11-20(30)31)14-5-7-15(8-6-14)33-22(23,24)25/h3-10,16,29H,11H2,1-2H3,(H,26,32)(H,30,31). The van der Waals surface area contributed by atoms with Crippen LogP contribution in [0.15, 0.2) is 48.5 Å². The number of alkyl halides is 3. The molecule has 1 atom stereocenters. The van der Waals surface area contributed by atoms with Gasteiger partial charge in [-0.15, -0.1) is 13.2 Å². The van der Waals surface area contributed by atoms with E-state index in [9.17, 15) is 33.0 Å². The second-order valence-corrected chi connectivity index (χ2v) is 7.33. The zero-order chi connectivity index (χ0) is 24.3. The number of nitrogens with one attached hydrogen (secondary N) is 1. The summed E-state index contributed by atoms with van der Waals surface area (Å²) in [6.45, 7) is 3.67.